The van der Waals surface area contributed by atoms with Crippen LogP contribution in [-0.4, -0.2) is 4.98 Å². The first-order valence-electron chi connectivity index (χ1n) is 3.59. The molecule has 1 aromatic carbocycles. The van der Waals surface area contributed by atoms with Crippen LogP contribution in [0.15, 0.2) is 30.5 Å². The maximum absolute atomic E-state index is 13.1. The normalized spacial score (nSPS) is 10.4. The molecule has 0 radical (unpaired) electrons. The lowest BCUT2D eigenvalue weighted by Crippen LogP contribution is -2.06. The van der Waals surface area contributed by atoms with Gasteiger partial charge in [-0.05, 0) is 17.5 Å². The fourth-order valence-corrected chi connectivity index (χ4v) is 1.23. The van der Waals surface area contributed by atoms with Gasteiger partial charge in [-0.15, -0.1) is 0 Å². The lowest BCUT2D eigenvalue weighted by atomic mass is 10.2. The van der Waals surface area contributed by atoms with Crippen LogP contribution in [0.5, 0.6) is 0 Å². The van der Waals surface area contributed by atoms with Crippen LogP contribution in [0.25, 0.3) is 10.8 Å². The largest absolute Gasteiger partial charge is 0.347 e. The van der Waals surface area contributed by atoms with Gasteiger partial charge < -0.3 is 4.98 Å². The van der Waals surface area contributed by atoms with E-state index in [1.165, 1.54) is 6.07 Å². The zero-order valence-electron chi connectivity index (χ0n) is 6.26. The van der Waals surface area contributed by atoms with Gasteiger partial charge in [0.05, 0.1) is 5.39 Å². The molecule has 60 valence electrons. The van der Waals surface area contributed by atoms with E-state index in [9.17, 15) is 4.39 Å². The molecule has 1 aromatic heterocycles. The zero-order chi connectivity index (χ0) is 8.55. The summed E-state index contributed by atoms with van der Waals surface area (Å²) in [7, 11) is 0. The van der Waals surface area contributed by atoms with Crippen LogP contribution in [0.4, 0.5) is 4.39 Å². The number of halogens is 1. The Balaban J connectivity index is 3.07. The monoisotopic (exact) mass is 162 g/mol. The molecule has 0 saturated carbocycles. The first kappa shape index (κ1) is 7.03. The van der Waals surface area contributed by atoms with E-state index in [1.54, 1.807) is 24.4 Å². The molecule has 0 aliphatic carbocycles. The van der Waals surface area contributed by atoms with E-state index in [1.807, 2.05) is 0 Å². The van der Waals surface area contributed by atoms with Crippen molar-refractivity contribution >= 4 is 10.8 Å². The highest BCUT2D eigenvalue weighted by atomic mass is 19.1. The lowest BCUT2D eigenvalue weighted by Gasteiger charge is -1.97. The lowest BCUT2D eigenvalue weighted by molar-refractivity contribution is 0.638. The molecular weight excluding hydrogens is 155 g/mol. The van der Waals surface area contributed by atoms with Gasteiger partial charge >= 0.3 is 0 Å². The van der Waals surface area contributed by atoms with Gasteiger partial charge in [0.1, 0.15) is 11.3 Å². The van der Waals surface area contributed by atoms with Crippen molar-refractivity contribution in [3.8, 4) is 0 Å². The van der Waals surface area contributed by atoms with Gasteiger partial charge in [-0.1, -0.05) is 12.1 Å². The van der Waals surface area contributed by atoms with Crippen molar-refractivity contribution in [3.05, 3.63) is 41.8 Å². The van der Waals surface area contributed by atoms with E-state index in [0.717, 1.165) is 5.39 Å². The molecule has 0 saturated heterocycles. The molecule has 0 aliphatic rings. The van der Waals surface area contributed by atoms with Crippen LogP contribution >= 0.6 is 0 Å². The Morgan fingerprint density at radius 1 is 1.25 bits per heavy atom. The summed E-state index contributed by atoms with van der Waals surface area (Å²) in [6.07, 6.45) is 1.63. The highest BCUT2D eigenvalue weighted by molar-refractivity contribution is 5.81. The second-order valence-corrected chi connectivity index (χ2v) is 2.56. The molecule has 2 N–H and O–H groups in total. The third kappa shape index (κ3) is 0.906. The molecule has 0 unspecified atom stereocenters. The second-order valence-electron chi connectivity index (χ2n) is 2.56. The van der Waals surface area contributed by atoms with Crippen LogP contribution < -0.4 is 5.49 Å². The van der Waals surface area contributed by atoms with Gasteiger partial charge in [0.15, 0.2) is 0 Å². The Morgan fingerprint density at radius 3 is 2.83 bits per heavy atom. The summed E-state index contributed by atoms with van der Waals surface area (Å²) in [5, 5.41) is 8.51. The van der Waals surface area contributed by atoms with Crippen molar-refractivity contribution < 1.29 is 4.39 Å². The summed E-state index contributed by atoms with van der Waals surface area (Å²) in [4.78, 5) is 2.64. The number of hydrogen-bond acceptors (Lipinski definition) is 1. The first-order valence-corrected chi connectivity index (χ1v) is 3.59. The minimum atomic E-state index is -0.352. The number of aromatic nitrogens is 1. The third-order valence-electron chi connectivity index (χ3n) is 1.79. The predicted octanol–water partition coefficient (Wildman–Crippen LogP) is 1.79. The fraction of sp³-hybridized carbons (Fsp3) is 0. The zero-order valence-corrected chi connectivity index (χ0v) is 6.26. The minimum absolute atomic E-state index is 0.116. The number of hydrogen-bond donors (Lipinski definition) is 2. The number of benzene rings is 1. The number of rotatable bonds is 0. The summed E-state index contributed by atoms with van der Waals surface area (Å²) in [6.45, 7) is 0. The van der Waals surface area contributed by atoms with Crippen molar-refractivity contribution in [3.63, 3.8) is 0 Å². The van der Waals surface area contributed by atoms with Crippen LogP contribution in [0.2, 0.25) is 0 Å². The quantitative estimate of drug-likeness (QED) is 0.593. The van der Waals surface area contributed by atoms with Crippen molar-refractivity contribution in [1.82, 2.24) is 4.98 Å². The van der Waals surface area contributed by atoms with Crippen molar-refractivity contribution in [2.24, 2.45) is 0 Å². The molecule has 2 rings (SSSR count). The van der Waals surface area contributed by atoms with E-state index >= 15 is 0 Å². The molecule has 2 aromatic rings. The van der Waals surface area contributed by atoms with Crippen molar-refractivity contribution in [2.75, 3.05) is 0 Å². The number of fused-ring (bicyclic) bond motifs is 1. The van der Waals surface area contributed by atoms with Gasteiger partial charge in [0.25, 0.3) is 0 Å². The molecule has 0 amide bonds. The third-order valence-corrected chi connectivity index (χ3v) is 1.79. The Kier molecular flexibility index (Phi) is 1.43. The number of H-pyrrole nitrogens is 1. The molecule has 0 spiro atoms. The SMILES string of the molecule is N=c1[nH]ccc2cccc(F)c12. The average molecular weight is 162 g/mol. The Labute approximate surface area is 68.2 Å². The molecule has 0 fully saturated rings. The standard InChI is InChI=1S/C9H7FN2/c10-7-3-1-2-6-4-5-12-9(11)8(6)7/h1-5H,(H2,11,12). The fourth-order valence-electron chi connectivity index (χ4n) is 1.23. The number of nitrogens with one attached hydrogen (secondary N) is 2. The number of pyridine rings is 1. The molecule has 2 nitrogen and oxygen atoms in total. The Morgan fingerprint density at radius 2 is 2.08 bits per heavy atom. The highest BCUT2D eigenvalue weighted by Crippen LogP contribution is 2.11. The van der Waals surface area contributed by atoms with Crippen LogP contribution in [0.1, 0.15) is 0 Å². The molecule has 0 atom stereocenters. The van der Waals surface area contributed by atoms with Gasteiger partial charge in [-0.2, -0.15) is 0 Å². The first-order chi connectivity index (χ1) is 5.79. The molecular formula is C9H7FN2. The summed E-state index contributed by atoms with van der Waals surface area (Å²) < 4.78 is 13.1. The van der Waals surface area contributed by atoms with Crippen LogP contribution in [0.3, 0.4) is 0 Å². The number of aromatic amines is 1. The van der Waals surface area contributed by atoms with Crippen molar-refractivity contribution in [1.29, 1.82) is 5.41 Å². The summed E-state index contributed by atoms with van der Waals surface area (Å²) >= 11 is 0. The van der Waals surface area contributed by atoms with Gasteiger partial charge in [0, 0.05) is 6.20 Å². The highest BCUT2D eigenvalue weighted by Gasteiger charge is 1.99. The molecule has 12 heavy (non-hydrogen) atoms. The van der Waals surface area contributed by atoms with Gasteiger partial charge in [0.2, 0.25) is 0 Å². The van der Waals surface area contributed by atoms with E-state index in [-0.39, 0.29) is 11.3 Å². The van der Waals surface area contributed by atoms with Gasteiger partial charge in [-0.25, -0.2) is 4.39 Å². The Hall–Kier alpha value is -1.64. The molecule has 3 heteroatoms. The second kappa shape index (κ2) is 2.44. The Bertz CT molecular complexity index is 468. The van der Waals surface area contributed by atoms with Crippen LogP contribution in [-0.2, 0) is 0 Å². The smallest absolute Gasteiger partial charge is 0.134 e. The maximum atomic E-state index is 13.1. The van der Waals surface area contributed by atoms with Gasteiger partial charge in [-0.3, -0.25) is 5.41 Å². The summed E-state index contributed by atoms with van der Waals surface area (Å²) in [6, 6.07) is 6.52. The van der Waals surface area contributed by atoms with Crippen LogP contribution in [0, 0.1) is 11.2 Å². The predicted molar refractivity (Wildman–Crippen MR) is 44.1 cm³/mol. The summed E-state index contributed by atoms with van der Waals surface area (Å²) in [5.74, 6) is -0.352. The average Bonchev–Trinajstić information content (AvgIpc) is 2.04. The minimum Gasteiger partial charge on any atom is -0.347 e. The van der Waals surface area contributed by atoms with E-state index in [2.05, 4.69) is 4.98 Å². The summed E-state index contributed by atoms with van der Waals surface area (Å²) in [5.41, 5.74) is 0.116. The maximum Gasteiger partial charge on any atom is 0.134 e. The van der Waals surface area contributed by atoms with E-state index in [4.69, 9.17) is 5.41 Å². The topological polar surface area (TPSA) is 39.6 Å². The van der Waals surface area contributed by atoms with E-state index < -0.39 is 0 Å². The van der Waals surface area contributed by atoms with E-state index in [0.29, 0.717) is 5.39 Å². The molecule has 1 heterocycles. The molecule has 0 bridgehead atoms. The van der Waals surface area contributed by atoms with Crippen molar-refractivity contribution in [2.45, 2.75) is 0 Å². The molecule has 0 aliphatic heterocycles.